The molecule has 0 saturated carbocycles. The van der Waals surface area contributed by atoms with Gasteiger partial charge in [0, 0.05) is 17.1 Å². The van der Waals surface area contributed by atoms with Crippen molar-refractivity contribution in [2.75, 3.05) is 0 Å². The molecule has 0 aliphatic heterocycles. The molecule has 1 nitrogen and oxygen atoms in total. The second kappa shape index (κ2) is 4.94. The van der Waals surface area contributed by atoms with Gasteiger partial charge in [0.1, 0.15) is 0 Å². The molecule has 0 bridgehead atoms. The molecule has 1 rings (SSSR count). The van der Waals surface area contributed by atoms with Crippen molar-refractivity contribution in [1.29, 1.82) is 0 Å². The third-order valence-electron chi connectivity index (χ3n) is 2.39. The van der Waals surface area contributed by atoms with Gasteiger partial charge in [0.25, 0.3) is 0 Å². The van der Waals surface area contributed by atoms with Gasteiger partial charge in [-0.1, -0.05) is 41.9 Å². The number of benzene rings is 1. The van der Waals surface area contributed by atoms with Gasteiger partial charge in [-0.25, -0.2) is 0 Å². The maximum atomic E-state index is 3.61. The second-order valence-corrected chi connectivity index (χ2v) is 4.81. The molecule has 0 heterocycles. The summed E-state index contributed by atoms with van der Waals surface area (Å²) in [5.74, 6) is 0. The van der Waals surface area contributed by atoms with E-state index in [0.717, 1.165) is 6.54 Å². The standard InChI is InChI=1S/C12H18BrN/c1-8(2)14-7-11-6-5-9(3)12(13)10(11)4/h5-6,8,14H,7H2,1-4H3. The van der Waals surface area contributed by atoms with Crippen LogP contribution in [0.1, 0.15) is 30.5 Å². The van der Waals surface area contributed by atoms with Crippen molar-refractivity contribution >= 4 is 15.9 Å². The van der Waals surface area contributed by atoms with Crippen molar-refractivity contribution in [3.05, 3.63) is 33.3 Å². The molecule has 0 aliphatic rings. The minimum Gasteiger partial charge on any atom is -0.310 e. The van der Waals surface area contributed by atoms with E-state index in [0.29, 0.717) is 6.04 Å². The highest BCUT2D eigenvalue weighted by molar-refractivity contribution is 9.10. The summed E-state index contributed by atoms with van der Waals surface area (Å²) < 4.78 is 1.24. The lowest BCUT2D eigenvalue weighted by atomic mass is 10.1. The summed E-state index contributed by atoms with van der Waals surface area (Å²) in [6, 6.07) is 4.90. The van der Waals surface area contributed by atoms with E-state index >= 15 is 0 Å². The zero-order chi connectivity index (χ0) is 10.7. The smallest absolute Gasteiger partial charge is 0.0236 e. The highest BCUT2D eigenvalue weighted by Crippen LogP contribution is 2.23. The maximum Gasteiger partial charge on any atom is 0.0236 e. The van der Waals surface area contributed by atoms with Crippen LogP contribution in [0.15, 0.2) is 16.6 Å². The summed E-state index contributed by atoms with van der Waals surface area (Å²) in [5, 5.41) is 3.43. The number of rotatable bonds is 3. The van der Waals surface area contributed by atoms with Crippen LogP contribution in [-0.2, 0) is 6.54 Å². The van der Waals surface area contributed by atoms with E-state index in [4.69, 9.17) is 0 Å². The van der Waals surface area contributed by atoms with Gasteiger partial charge in [-0.05, 0) is 30.5 Å². The molecule has 0 fully saturated rings. The van der Waals surface area contributed by atoms with Crippen molar-refractivity contribution in [1.82, 2.24) is 5.32 Å². The molecule has 1 aromatic rings. The van der Waals surface area contributed by atoms with Crippen LogP contribution in [0.2, 0.25) is 0 Å². The van der Waals surface area contributed by atoms with Gasteiger partial charge in [0.15, 0.2) is 0 Å². The monoisotopic (exact) mass is 255 g/mol. The summed E-state index contributed by atoms with van der Waals surface area (Å²) in [4.78, 5) is 0. The van der Waals surface area contributed by atoms with Crippen LogP contribution in [0.25, 0.3) is 0 Å². The average Bonchev–Trinajstić information content (AvgIpc) is 2.13. The van der Waals surface area contributed by atoms with E-state index in [1.165, 1.54) is 21.2 Å². The molecule has 0 atom stereocenters. The molecule has 0 amide bonds. The number of halogens is 1. The van der Waals surface area contributed by atoms with Crippen LogP contribution in [0.5, 0.6) is 0 Å². The number of aryl methyl sites for hydroxylation is 1. The minimum atomic E-state index is 0.537. The Bertz CT molecular complexity index is 318. The van der Waals surface area contributed by atoms with Gasteiger partial charge in [-0.3, -0.25) is 0 Å². The molecule has 0 unspecified atom stereocenters. The lowest BCUT2D eigenvalue weighted by Gasteiger charge is -2.12. The maximum absolute atomic E-state index is 3.61. The second-order valence-electron chi connectivity index (χ2n) is 4.02. The van der Waals surface area contributed by atoms with Gasteiger partial charge in [0.05, 0.1) is 0 Å². The Morgan fingerprint density at radius 3 is 2.50 bits per heavy atom. The molecule has 1 aromatic carbocycles. The van der Waals surface area contributed by atoms with Crippen LogP contribution < -0.4 is 5.32 Å². The van der Waals surface area contributed by atoms with Crippen molar-refractivity contribution in [3.8, 4) is 0 Å². The van der Waals surface area contributed by atoms with E-state index in [9.17, 15) is 0 Å². The third-order valence-corrected chi connectivity index (χ3v) is 3.61. The van der Waals surface area contributed by atoms with Crippen molar-refractivity contribution in [2.45, 2.75) is 40.3 Å². The van der Waals surface area contributed by atoms with E-state index in [1.54, 1.807) is 0 Å². The predicted octanol–water partition coefficient (Wildman–Crippen LogP) is 3.56. The Hall–Kier alpha value is -0.340. The highest BCUT2D eigenvalue weighted by atomic mass is 79.9. The third kappa shape index (κ3) is 2.82. The fraction of sp³-hybridized carbons (Fsp3) is 0.500. The van der Waals surface area contributed by atoms with Crippen molar-refractivity contribution < 1.29 is 0 Å². The summed E-state index contributed by atoms with van der Waals surface area (Å²) >= 11 is 3.61. The van der Waals surface area contributed by atoms with Crippen LogP contribution in [-0.4, -0.2) is 6.04 Å². The Labute approximate surface area is 95.0 Å². The topological polar surface area (TPSA) is 12.0 Å². The lowest BCUT2D eigenvalue weighted by Crippen LogP contribution is -2.22. The molecular weight excluding hydrogens is 238 g/mol. The van der Waals surface area contributed by atoms with Crippen LogP contribution >= 0.6 is 15.9 Å². The first-order chi connectivity index (χ1) is 6.52. The largest absolute Gasteiger partial charge is 0.310 e. The summed E-state index contributed by atoms with van der Waals surface area (Å²) in [6.07, 6.45) is 0. The number of hydrogen-bond donors (Lipinski definition) is 1. The molecule has 14 heavy (non-hydrogen) atoms. The normalized spacial score (nSPS) is 11.0. The summed E-state index contributed by atoms with van der Waals surface area (Å²) in [5.41, 5.74) is 4.02. The van der Waals surface area contributed by atoms with E-state index < -0.39 is 0 Å². The van der Waals surface area contributed by atoms with Crippen LogP contribution in [0.3, 0.4) is 0 Å². The minimum absolute atomic E-state index is 0.537. The first-order valence-electron chi connectivity index (χ1n) is 5.00. The average molecular weight is 256 g/mol. The van der Waals surface area contributed by atoms with Gasteiger partial charge >= 0.3 is 0 Å². The fourth-order valence-electron chi connectivity index (χ4n) is 1.37. The molecule has 0 aromatic heterocycles. The molecule has 78 valence electrons. The SMILES string of the molecule is Cc1ccc(CNC(C)C)c(C)c1Br. The van der Waals surface area contributed by atoms with Crippen LogP contribution in [0, 0.1) is 13.8 Å². The quantitative estimate of drug-likeness (QED) is 0.871. The zero-order valence-electron chi connectivity index (χ0n) is 9.32. The highest BCUT2D eigenvalue weighted by Gasteiger charge is 2.04. The Kier molecular flexibility index (Phi) is 4.14. The molecule has 0 radical (unpaired) electrons. The van der Waals surface area contributed by atoms with Gasteiger partial charge in [0.2, 0.25) is 0 Å². The molecule has 1 N–H and O–H groups in total. The van der Waals surface area contributed by atoms with Gasteiger partial charge in [-0.2, -0.15) is 0 Å². The van der Waals surface area contributed by atoms with E-state index in [2.05, 4.69) is 61.1 Å². The van der Waals surface area contributed by atoms with Crippen LogP contribution in [0.4, 0.5) is 0 Å². The Balaban J connectivity index is 2.83. The van der Waals surface area contributed by atoms with Crippen molar-refractivity contribution in [3.63, 3.8) is 0 Å². The first-order valence-corrected chi connectivity index (χ1v) is 5.79. The number of hydrogen-bond acceptors (Lipinski definition) is 1. The van der Waals surface area contributed by atoms with E-state index in [1.807, 2.05) is 0 Å². The van der Waals surface area contributed by atoms with E-state index in [-0.39, 0.29) is 0 Å². The lowest BCUT2D eigenvalue weighted by molar-refractivity contribution is 0.587. The van der Waals surface area contributed by atoms with Gasteiger partial charge in [-0.15, -0.1) is 0 Å². The summed E-state index contributed by atoms with van der Waals surface area (Å²) in [7, 11) is 0. The first kappa shape index (κ1) is 11.7. The Morgan fingerprint density at radius 2 is 1.93 bits per heavy atom. The fourth-order valence-corrected chi connectivity index (χ4v) is 1.75. The number of nitrogens with one attached hydrogen (secondary N) is 1. The molecule has 2 heteroatoms. The summed E-state index contributed by atoms with van der Waals surface area (Å²) in [6.45, 7) is 9.56. The zero-order valence-corrected chi connectivity index (χ0v) is 10.9. The molecule has 0 spiro atoms. The molecule has 0 aliphatic carbocycles. The molecular formula is C12H18BrN. The van der Waals surface area contributed by atoms with Gasteiger partial charge < -0.3 is 5.32 Å². The Morgan fingerprint density at radius 1 is 1.29 bits per heavy atom. The predicted molar refractivity (Wildman–Crippen MR) is 65.6 cm³/mol. The molecule has 0 saturated heterocycles. The van der Waals surface area contributed by atoms with Crippen molar-refractivity contribution in [2.24, 2.45) is 0 Å².